The summed E-state index contributed by atoms with van der Waals surface area (Å²) >= 11 is 0. The number of hydrogen-bond donors (Lipinski definition) is 1. The molecule has 10 heteroatoms. The summed E-state index contributed by atoms with van der Waals surface area (Å²) in [6.07, 6.45) is -0.273. The van der Waals surface area contributed by atoms with E-state index in [0.29, 0.717) is 16.8 Å². The zero-order valence-electron chi connectivity index (χ0n) is 18.4. The van der Waals surface area contributed by atoms with Crippen molar-refractivity contribution in [3.8, 4) is 11.4 Å². The van der Waals surface area contributed by atoms with Crippen LogP contribution in [0.25, 0.3) is 11.4 Å². The van der Waals surface area contributed by atoms with Gasteiger partial charge in [-0.05, 0) is 49.7 Å². The van der Waals surface area contributed by atoms with Crippen LogP contribution in [0.1, 0.15) is 18.2 Å². The molecule has 176 valence electrons. The van der Waals surface area contributed by atoms with E-state index < -0.39 is 35.7 Å². The van der Waals surface area contributed by atoms with E-state index in [1.807, 2.05) is 0 Å². The van der Waals surface area contributed by atoms with Gasteiger partial charge >= 0.3 is 6.09 Å². The second kappa shape index (κ2) is 9.82. The van der Waals surface area contributed by atoms with E-state index in [1.165, 1.54) is 51.9 Å². The molecule has 2 heterocycles. The van der Waals surface area contributed by atoms with E-state index >= 15 is 0 Å². The van der Waals surface area contributed by atoms with Gasteiger partial charge in [-0.3, -0.25) is 14.2 Å². The molecule has 8 nitrogen and oxygen atoms in total. The number of hydrogen-bond acceptors (Lipinski definition) is 5. The number of para-hydroxylation sites is 1. The Balaban J connectivity index is 1.72. The number of rotatable bonds is 5. The molecule has 1 aliphatic heterocycles. The van der Waals surface area contributed by atoms with Gasteiger partial charge in [-0.15, -0.1) is 0 Å². The smallest absolute Gasteiger partial charge is 0.410 e. The lowest BCUT2D eigenvalue weighted by Crippen LogP contribution is -2.42. The van der Waals surface area contributed by atoms with Gasteiger partial charge in [0.2, 0.25) is 5.91 Å². The Kier molecular flexibility index (Phi) is 6.67. The summed E-state index contributed by atoms with van der Waals surface area (Å²) in [5.41, 5.74) is 0.712. The van der Waals surface area contributed by atoms with Crippen LogP contribution < -0.4 is 10.9 Å². The van der Waals surface area contributed by atoms with Crippen LogP contribution in [0.3, 0.4) is 0 Å². The summed E-state index contributed by atoms with van der Waals surface area (Å²) in [6.45, 7) is 1.82. The third kappa shape index (κ3) is 4.80. The standard InChI is InChI=1S/C24H22F2N4O4/c1-2-34-24(33)29-12-11-17-20(13-29)28-22(15-7-9-16(25)10-8-15)30(23(17)32)14-21(31)27-19-6-4-3-5-18(19)26/h3-10H,2,11-14H2,1H3,(H,27,31). The van der Waals surface area contributed by atoms with E-state index in [-0.39, 0.29) is 37.6 Å². The van der Waals surface area contributed by atoms with Crippen molar-refractivity contribution in [2.45, 2.75) is 26.4 Å². The molecule has 0 saturated heterocycles. The van der Waals surface area contributed by atoms with Crippen molar-refractivity contribution in [1.29, 1.82) is 0 Å². The zero-order valence-corrected chi connectivity index (χ0v) is 18.4. The number of nitrogens with zero attached hydrogens (tertiary/aromatic N) is 3. The lowest BCUT2D eigenvalue weighted by molar-refractivity contribution is -0.116. The minimum absolute atomic E-state index is 0.0140. The molecular formula is C24H22F2N4O4. The molecule has 34 heavy (non-hydrogen) atoms. The second-order valence-electron chi connectivity index (χ2n) is 7.66. The van der Waals surface area contributed by atoms with Gasteiger partial charge in [0, 0.05) is 17.7 Å². The van der Waals surface area contributed by atoms with Crippen molar-refractivity contribution in [2.24, 2.45) is 0 Å². The highest BCUT2D eigenvalue weighted by atomic mass is 19.1. The van der Waals surface area contributed by atoms with Gasteiger partial charge in [0.25, 0.3) is 5.56 Å². The van der Waals surface area contributed by atoms with Gasteiger partial charge < -0.3 is 15.0 Å². The van der Waals surface area contributed by atoms with Gasteiger partial charge in [0.05, 0.1) is 24.5 Å². The molecule has 0 saturated carbocycles. The molecule has 4 rings (SSSR count). The van der Waals surface area contributed by atoms with Crippen molar-refractivity contribution in [2.75, 3.05) is 18.5 Å². The number of benzene rings is 2. The largest absolute Gasteiger partial charge is 0.450 e. The Morgan fingerprint density at radius 3 is 2.56 bits per heavy atom. The number of nitrogens with one attached hydrogen (secondary N) is 1. The van der Waals surface area contributed by atoms with E-state index in [9.17, 15) is 23.2 Å². The number of aromatic nitrogens is 2. The number of fused-ring (bicyclic) bond motifs is 1. The van der Waals surface area contributed by atoms with Crippen molar-refractivity contribution in [1.82, 2.24) is 14.5 Å². The van der Waals surface area contributed by atoms with Gasteiger partial charge in [0.15, 0.2) is 0 Å². The first kappa shape index (κ1) is 23.1. The molecule has 0 unspecified atom stereocenters. The molecule has 1 aromatic heterocycles. The SMILES string of the molecule is CCOC(=O)N1CCc2c(nc(-c3ccc(F)cc3)n(CC(=O)Nc3ccccc3F)c2=O)C1. The normalized spacial score (nSPS) is 12.7. The van der Waals surface area contributed by atoms with Gasteiger partial charge in [0.1, 0.15) is 24.0 Å². The minimum atomic E-state index is -0.624. The zero-order chi connectivity index (χ0) is 24.2. The first-order valence-electron chi connectivity index (χ1n) is 10.7. The van der Waals surface area contributed by atoms with Crippen LogP contribution in [-0.4, -0.2) is 39.6 Å². The fourth-order valence-corrected chi connectivity index (χ4v) is 3.76. The Hall–Kier alpha value is -4.08. The third-order valence-electron chi connectivity index (χ3n) is 5.40. The Bertz CT molecular complexity index is 1290. The van der Waals surface area contributed by atoms with Crippen LogP contribution >= 0.6 is 0 Å². The van der Waals surface area contributed by atoms with Gasteiger partial charge in [-0.25, -0.2) is 18.6 Å². The first-order chi connectivity index (χ1) is 16.4. The molecule has 0 bridgehead atoms. The highest BCUT2D eigenvalue weighted by Gasteiger charge is 2.27. The van der Waals surface area contributed by atoms with Crippen LogP contribution in [-0.2, 0) is 29.0 Å². The van der Waals surface area contributed by atoms with Crippen molar-refractivity contribution in [3.63, 3.8) is 0 Å². The summed E-state index contributed by atoms with van der Waals surface area (Å²) in [4.78, 5) is 44.3. The quantitative estimate of drug-likeness (QED) is 0.620. The number of anilines is 1. The maximum absolute atomic E-state index is 14.0. The molecule has 3 aromatic rings. The fourth-order valence-electron chi connectivity index (χ4n) is 3.76. The van der Waals surface area contributed by atoms with Crippen LogP contribution in [0.2, 0.25) is 0 Å². The number of amides is 2. The molecule has 2 aromatic carbocycles. The van der Waals surface area contributed by atoms with Crippen LogP contribution in [0.15, 0.2) is 53.3 Å². The Morgan fingerprint density at radius 2 is 1.85 bits per heavy atom. The molecule has 0 aliphatic carbocycles. The molecule has 1 aliphatic rings. The van der Waals surface area contributed by atoms with E-state index in [0.717, 1.165) is 0 Å². The number of ether oxygens (including phenoxy) is 1. The molecule has 0 spiro atoms. The summed E-state index contributed by atoms with van der Waals surface area (Å²) in [5, 5.41) is 2.46. The van der Waals surface area contributed by atoms with Crippen LogP contribution in [0.4, 0.5) is 19.3 Å². The third-order valence-corrected chi connectivity index (χ3v) is 5.40. The van der Waals surface area contributed by atoms with E-state index in [1.54, 1.807) is 13.0 Å². The van der Waals surface area contributed by atoms with Crippen molar-refractivity contribution < 1.29 is 23.1 Å². The number of carbonyl (C=O) groups is 2. The summed E-state index contributed by atoms with van der Waals surface area (Å²) in [5.74, 6) is -1.56. The predicted octanol–water partition coefficient (Wildman–Crippen LogP) is 3.34. The van der Waals surface area contributed by atoms with Gasteiger partial charge in [-0.2, -0.15) is 0 Å². The monoisotopic (exact) mass is 468 g/mol. The lowest BCUT2D eigenvalue weighted by Gasteiger charge is -2.28. The average Bonchev–Trinajstić information content (AvgIpc) is 2.82. The summed E-state index contributed by atoms with van der Waals surface area (Å²) in [6, 6.07) is 11.0. The highest BCUT2D eigenvalue weighted by molar-refractivity contribution is 5.91. The van der Waals surface area contributed by atoms with Gasteiger partial charge in [-0.1, -0.05) is 12.1 Å². The van der Waals surface area contributed by atoms with Crippen molar-refractivity contribution >= 4 is 17.7 Å². The topological polar surface area (TPSA) is 93.5 Å². The van der Waals surface area contributed by atoms with Crippen LogP contribution in [0.5, 0.6) is 0 Å². The average molecular weight is 468 g/mol. The van der Waals surface area contributed by atoms with E-state index in [2.05, 4.69) is 10.3 Å². The summed E-state index contributed by atoms with van der Waals surface area (Å²) < 4.78 is 33.7. The fraction of sp³-hybridized carbons (Fsp3) is 0.250. The maximum Gasteiger partial charge on any atom is 0.410 e. The maximum atomic E-state index is 14.0. The van der Waals surface area contributed by atoms with Crippen molar-refractivity contribution in [3.05, 3.63) is 81.8 Å². The van der Waals surface area contributed by atoms with E-state index in [4.69, 9.17) is 4.74 Å². The second-order valence-corrected chi connectivity index (χ2v) is 7.66. The highest BCUT2D eigenvalue weighted by Crippen LogP contribution is 2.22. The first-order valence-corrected chi connectivity index (χ1v) is 10.7. The molecule has 2 amide bonds. The number of halogens is 2. The minimum Gasteiger partial charge on any atom is -0.450 e. The molecule has 0 fully saturated rings. The summed E-state index contributed by atoms with van der Waals surface area (Å²) in [7, 11) is 0. The Labute approximate surface area is 193 Å². The molecular weight excluding hydrogens is 446 g/mol. The molecule has 0 atom stereocenters. The molecule has 1 N–H and O–H groups in total. The predicted molar refractivity (Wildman–Crippen MR) is 120 cm³/mol. The Morgan fingerprint density at radius 1 is 1.12 bits per heavy atom. The number of carbonyl (C=O) groups excluding carboxylic acids is 2. The molecule has 0 radical (unpaired) electrons. The lowest BCUT2D eigenvalue weighted by atomic mass is 10.1. The van der Waals surface area contributed by atoms with Crippen LogP contribution in [0, 0.1) is 11.6 Å².